The van der Waals surface area contributed by atoms with Gasteiger partial charge >= 0.3 is 5.51 Å². The van der Waals surface area contributed by atoms with Gasteiger partial charge < -0.3 is 15.1 Å². The number of anilines is 2. The van der Waals surface area contributed by atoms with Crippen LogP contribution in [0.2, 0.25) is 5.02 Å². The predicted octanol–water partition coefficient (Wildman–Crippen LogP) is 9.37. The number of nitrogens with zero attached hydrogens (tertiary/aromatic N) is 5. The monoisotopic (exact) mass is 1190 g/mol. The van der Waals surface area contributed by atoms with Crippen LogP contribution in [0, 0.1) is 11.2 Å². The molecule has 2 atom stereocenters. The lowest BCUT2D eigenvalue weighted by Gasteiger charge is -2.39. The molecule has 1 aliphatic carbocycles. The van der Waals surface area contributed by atoms with Gasteiger partial charge in [0.25, 0.3) is 25.8 Å². The molecule has 23 heteroatoms. The Morgan fingerprint density at radius 3 is 2.17 bits per heavy atom. The average Bonchev–Trinajstić information content (AvgIpc) is 3.43. The molecule has 81 heavy (non-hydrogen) atoms. The molecular formula is C58H65ClF4N8O7S3. The lowest BCUT2D eigenvalue weighted by molar-refractivity contribution is -0.134. The standard InChI is InChI=1S/C58H65ClF4N8O7S3/c1-57(2)22-20-48(39-8-12-43(59)13-9-39)41(34-57)36-70-28-30-71(31-29-70)45-14-10-40(11-15-45)55(73)67-81(77,78)47-16-18-51(53(32-47)80(75,76)58(61,62)63)65-44(38-79-46-6-4-3-5-7-46)21-23-68-24-26-69(27-25-68)37-42-35-64-52(33-50(42)60)49-17-19-54(72)66-56(49)74/h3-16,18,32-33,35,44,49,65H,17,19-31,34,36-38H2,1-2H3,(H,67,73)(H,66,72,74)/t44-,49?/m1/s1. The lowest BCUT2D eigenvalue weighted by atomic mass is 9.73. The molecule has 15 nitrogen and oxygen atoms in total. The summed E-state index contributed by atoms with van der Waals surface area (Å²) in [5.74, 6) is -2.89. The van der Waals surface area contributed by atoms with E-state index in [1.54, 1.807) is 12.1 Å². The molecule has 0 spiro atoms. The molecule has 3 N–H and O–H groups in total. The van der Waals surface area contributed by atoms with E-state index in [0.29, 0.717) is 68.9 Å². The number of aromatic nitrogens is 1. The van der Waals surface area contributed by atoms with Crippen molar-refractivity contribution in [2.45, 2.75) is 91.1 Å². The molecule has 0 bridgehead atoms. The zero-order chi connectivity index (χ0) is 57.7. The van der Waals surface area contributed by atoms with Crippen LogP contribution in [-0.2, 0) is 36.0 Å². The van der Waals surface area contributed by atoms with Crippen LogP contribution in [0.4, 0.5) is 28.9 Å². The molecule has 3 aliphatic heterocycles. The van der Waals surface area contributed by atoms with Crippen LogP contribution >= 0.6 is 23.4 Å². The van der Waals surface area contributed by atoms with Crippen molar-refractivity contribution in [3.05, 3.63) is 148 Å². The minimum atomic E-state index is -6.15. The fraction of sp³-hybridized carbons (Fsp3) is 0.414. The number of carbonyl (C=O) groups is 3. The molecule has 9 rings (SSSR count). The highest BCUT2D eigenvalue weighted by molar-refractivity contribution is 7.99. The third-order valence-corrected chi connectivity index (χ3v) is 19.8. The second kappa shape index (κ2) is 25.3. The van der Waals surface area contributed by atoms with Gasteiger partial charge in [-0.3, -0.25) is 34.5 Å². The number of piperidine rings is 1. The van der Waals surface area contributed by atoms with E-state index >= 15 is 4.39 Å². The smallest absolute Gasteiger partial charge is 0.380 e. The van der Waals surface area contributed by atoms with Crippen LogP contribution in [-0.4, -0.2) is 137 Å². The Labute approximate surface area is 479 Å². The maximum atomic E-state index is 15.3. The van der Waals surface area contributed by atoms with Gasteiger partial charge in [0.1, 0.15) is 10.7 Å². The number of nitrogens with one attached hydrogen (secondary N) is 3. The highest BCUT2D eigenvalue weighted by Gasteiger charge is 2.48. The van der Waals surface area contributed by atoms with Crippen LogP contribution in [0.3, 0.4) is 0 Å². The maximum absolute atomic E-state index is 15.3. The highest BCUT2D eigenvalue weighted by atomic mass is 35.5. The Morgan fingerprint density at radius 1 is 0.840 bits per heavy atom. The van der Waals surface area contributed by atoms with Crippen molar-refractivity contribution in [2.75, 3.05) is 81.4 Å². The van der Waals surface area contributed by atoms with E-state index < -0.39 is 70.4 Å². The van der Waals surface area contributed by atoms with Crippen LogP contribution < -0.4 is 20.3 Å². The van der Waals surface area contributed by atoms with Crippen LogP contribution in [0.5, 0.6) is 0 Å². The number of halogens is 5. The van der Waals surface area contributed by atoms with Crippen molar-refractivity contribution in [3.8, 4) is 0 Å². The zero-order valence-corrected chi connectivity index (χ0v) is 48.2. The van der Waals surface area contributed by atoms with Gasteiger partial charge in [-0.1, -0.05) is 61.4 Å². The summed E-state index contributed by atoms with van der Waals surface area (Å²) in [6.45, 7) is 11.4. The number of allylic oxidation sites excluding steroid dienone is 1. The third-order valence-electron chi connectivity index (χ3n) is 15.5. The Bertz CT molecular complexity index is 3360. The van der Waals surface area contributed by atoms with Crippen LogP contribution in [0.25, 0.3) is 5.57 Å². The molecule has 4 heterocycles. The lowest BCUT2D eigenvalue weighted by Crippen LogP contribution is -2.47. The van der Waals surface area contributed by atoms with E-state index in [-0.39, 0.29) is 47.7 Å². The maximum Gasteiger partial charge on any atom is 0.501 e. The fourth-order valence-electron chi connectivity index (χ4n) is 10.8. The number of carbonyl (C=O) groups excluding carboxylic acids is 3. The SMILES string of the molecule is CC1(C)CCC(c2ccc(Cl)cc2)=C(CN2CCN(c3ccc(C(=O)NS(=O)(=O)c4ccc(N[C@H](CCN5CCN(Cc6cnc(C7CCC(=O)NC7=O)cc6F)CC5)CSc5ccccc5)c(S(=O)(=O)C(F)(F)F)c4)cc3)CC2)C1. The summed E-state index contributed by atoms with van der Waals surface area (Å²) < 4.78 is 115. The number of pyridine rings is 1. The predicted molar refractivity (Wildman–Crippen MR) is 306 cm³/mol. The first-order valence-electron chi connectivity index (χ1n) is 26.9. The number of piperazine rings is 2. The summed E-state index contributed by atoms with van der Waals surface area (Å²) in [5.41, 5.74) is -0.675. The van der Waals surface area contributed by atoms with E-state index in [1.807, 2.05) is 52.1 Å². The van der Waals surface area contributed by atoms with E-state index in [9.17, 15) is 44.4 Å². The van der Waals surface area contributed by atoms with Crippen molar-refractivity contribution in [2.24, 2.45) is 5.41 Å². The van der Waals surface area contributed by atoms with E-state index in [0.717, 1.165) is 61.6 Å². The summed E-state index contributed by atoms with van der Waals surface area (Å²) in [6.07, 6.45) is 5.23. The quantitative estimate of drug-likeness (QED) is 0.0404. The minimum absolute atomic E-state index is 0.0337. The number of rotatable bonds is 19. The van der Waals surface area contributed by atoms with Gasteiger partial charge in [-0.05, 0) is 121 Å². The molecule has 0 radical (unpaired) electrons. The first-order valence-corrected chi connectivity index (χ1v) is 31.3. The Morgan fingerprint density at radius 2 is 1.51 bits per heavy atom. The molecule has 4 aliphatic rings. The third kappa shape index (κ3) is 15.0. The van der Waals surface area contributed by atoms with Crippen molar-refractivity contribution < 1.29 is 48.8 Å². The summed E-state index contributed by atoms with van der Waals surface area (Å²) >= 11 is 7.61. The Kier molecular flexibility index (Phi) is 18.7. The van der Waals surface area contributed by atoms with Crippen molar-refractivity contribution >= 4 is 77.9 Å². The molecule has 1 unspecified atom stereocenters. The number of benzene rings is 4. The first kappa shape index (κ1) is 59.7. The molecule has 3 amide bonds. The molecule has 432 valence electrons. The normalized spacial score (nSPS) is 19.3. The molecule has 0 saturated carbocycles. The number of sulfone groups is 1. The largest absolute Gasteiger partial charge is 0.501 e. The number of imide groups is 1. The summed E-state index contributed by atoms with van der Waals surface area (Å²) in [5, 5.41) is 5.97. The fourth-order valence-corrected chi connectivity index (χ4v) is 14.0. The van der Waals surface area contributed by atoms with Crippen LogP contribution in [0.15, 0.2) is 130 Å². The van der Waals surface area contributed by atoms with Gasteiger partial charge in [-0.25, -0.2) is 25.9 Å². The molecule has 1 aromatic heterocycles. The van der Waals surface area contributed by atoms with E-state index in [2.05, 4.69) is 56.3 Å². The number of hydrogen-bond acceptors (Lipinski definition) is 14. The number of sulfonamides is 1. The van der Waals surface area contributed by atoms with Crippen molar-refractivity contribution in [1.29, 1.82) is 0 Å². The van der Waals surface area contributed by atoms with Gasteiger partial charge in [0.05, 0.1) is 22.2 Å². The molecule has 5 aromatic rings. The number of hydrogen-bond donors (Lipinski definition) is 3. The zero-order valence-electron chi connectivity index (χ0n) is 45.0. The Balaban J connectivity index is 0.830. The topological polar surface area (TPSA) is 181 Å². The molecule has 3 saturated heterocycles. The Hall–Kier alpha value is -5.88. The van der Waals surface area contributed by atoms with Crippen LogP contribution in [0.1, 0.15) is 85.5 Å². The summed E-state index contributed by atoms with van der Waals surface area (Å²) in [7, 11) is -11.1. The molecule has 3 fully saturated rings. The van der Waals surface area contributed by atoms with Crippen molar-refractivity contribution in [3.63, 3.8) is 0 Å². The summed E-state index contributed by atoms with van der Waals surface area (Å²) in [6, 6.07) is 26.6. The first-order chi connectivity index (χ1) is 38.5. The number of alkyl halides is 3. The minimum Gasteiger partial charge on any atom is -0.380 e. The second-order valence-electron chi connectivity index (χ2n) is 21.9. The van der Waals surface area contributed by atoms with Gasteiger partial charge in [-0.15, -0.1) is 11.8 Å². The summed E-state index contributed by atoms with van der Waals surface area (Å²) in [4.78, 5) is 49.3. The number of amides is 3. The molecule has 4 aromatic carbocycles. The average molecular weight is 1190 g/mol. The van der Waals surface area contributed by atoms with E-state index in [4.69, 9.17) is 11.6 Å². The van der Waals surface area contributed by atoms with Gasteiger partial charge in [0.2, 0.25) is 11.8 Å². The highest BCUT2D eigenvalue weighted by Crippen LogP contribution is 2.43. The van der Waals surface area contributed by atoms with Gasteiger partial charge in [0, 0.05) is 123 Å². The molecular weight excluding hydrogens is 1130 g/mol. The van der Waals surface area contributed by atoms with E-state index in [1.165, 1.54) is 52.9 Å². The van der Waals surface area contributed by atoms with Gasteiger partial charge in [0.15, 0.2) is 0 Å². The van der Waals surface area contributed by atoms with Gasteiger partial charge in [-0.2, -0.15) is 13.2 Å². The van der Waals surface area contributed by atoms with Crippen molar-refractivity contribution in [1.82, 2.24) is 29.7 Å². The second-order valence-corrected chi connectivity index (χ2v) is 27.0. The number of thioether (sulfide) groups is 1.